The van der Waals surface area contributed by atoms with Crippen molar-refractivity contribution in [2.24, 2.45) is 17.8 Å². The topological polar surface area (TPSA) is 34.9 Å². The van der Waals surface area contributed by atoms with Gasteiger partial charge in [-0.05, 0) is 43.6 Å². The van der Waals surface area contributed by atoms with Crippen LogP contribution in [-0.2, 0) is 11.2 Å². The van der Waals surface area contributed by atoms with Crippen molar-refractivity contribution in [1.82, 2.24) is 9.78 Å². The summed E-state index contributed by atoms with van der Waals surface area (Å²) >= 11 is 0. The molecule has 2 atom stereocenters. The molecule has 0 N–H and O–H groups in total. The van der Waals surface area contributed by atoms with Crippen molar-refractivity contribution in [2.75, 3.05) is 0 Å². The van der Waals surface area contributed by atoms with Crippen LogP contribution in [0.2, 0.25) is 0 Å². The molecule has 0 spiro atoms. The highest BCUT2D eigenvalue weighted by Crippen LogP contribution is 2.56. The first kappa shape index (κ1) is 12.6. The Morgan fingerprint density at radius 3 is 2.45 bits per heavy atom. The number of nitrogens with zero attached hydrogens (tertiary/aromatic N) is 2. The molecule has 20 heavy (non-hydrogen) atoms. The molecular weight excluding hydrogens is 248 g/mol. The van der Waals surface area contributed by atoms with Crippen LogP contribution < -0.4 is 0 Å². The second-order valence-corrected chi connectivity index (χ2v) is 7.01. The van der Waals surface area contributed by atoms with E-state index in [1.165, 1.54) is 51.4 Å². The SMILES string of the molecule is O=C(Cc1ccn(C2CCCC2)n1)C1C2CCCCC21. The van der Waals surface area contributed by atoms with Gasteiger partial charge >= 0.3 is 0 Å². The summed E-state index contributed by atoms with van der Waals surface area (Å²) in [6.07, 6.45) is 13.0. The number of hydrogen-bond donors (Lipinski definition) is 0. The van der Waals surface area contributed by atoms with E-state index < -0.39 is 0 Å². The number of carbonyl (C=O) groups excluding carboxylic acids is 1. The van der Waals surface area contributed by atoms with Gasteiger partial charge in [-0.15, -0.1) is 0 Å². The zero-order valence-electron chi connectivity index (χ0n) is 12.1. The summed E-state index contributed by atoms with van der Waals surface area (Å²) in [7, 11) is 0. The van der Waals surface area contributed by atoms with Crippen LogP contribution >= 0.6 is 0 Å². The average molecular weight is 272 g/mol. The first-order chi connectivity index (χ1) is 9.83. The lowest BCUT2D eigenvalue weighted by atomic mass is 10.0. The summed E-state index contributed by atoms with van der Waals surface area (Å²) < 4.78 is 2.11. The fraction of sp³-hybridized carbons (Fsp3) is 0.765. The van der Waals surface area contributed by atoms with Gasteiger partial charge in [-0.1, -0.05) is 25.7 Å². The van der Waals surface area contributed by atoms with E-state index in [0.29, 0.717) is 24.2 Å². The van der Waals surface area contributed by atoms with E-state index in [1.54, 1.807) is 0 Å². The number of hydrogen-bond acceptors (Lipinski definition) is 2. The molecule has 3 aliphatic carbocycles. The zero-order chi connectivity index (χ0) is 13.5. The third kappa shape index (κ3) is 2.21. The van der Waals surface area contributed by atoms with Gasteiger partial charge in [0.2, 0.25) is 0 Å². The molecule has 4 rings (SSSR count). The summed E-state index contributed by atoms with van der Waals surface area (Å²) in [6.45, 7) is 0. The zero-order valence-corrected chi connectivity index (χ0v) is 12.1. The van der Waals surface area contributed by atoms with E-state index in [-0.39, 0.29) is 0 Å². The van der Waals surface area contributed by atoms with Crippen LogP contribution in [0.3, 0.4) is 0 Å². The van der Waals surface area contributed by atoms with Crippen LogP contribution in [-0.4, -0.2) is 15.6 Å². The maximum Gasteiger partial charge on any atom is 0.142 e. The van der Waals surface area contributed by atoms with Gasteiger partial charge in [-0.25, -0.2) is 0 Å². The van der Waals surface area contributed by atoms with Crippen molar-refractivity contribution < 1.29 is 4.79 Å². The molecule has 1 aromatic heterocycles. The molecule has 2 unspecified atom stereocenters. The van der Waals surface area contributed by atoms with Crippen molar-refractivity contribution in [3.8, 4) is 0 Å². The number of Topliss-reactive ketones (excluding diaryl/α,β-unsaturated/α-hetero) is 1. The smallest absolute Gasteiger partial charge is 0.142 e. The van der Waals surface area contributed by atoms with Crippen LogP contribution in [0.15, 0.2) is 12.3 Å². The molecule has 3 heteroatoms. The van der Waals surface area contributed by atoms with Gasteiger partial charge < -0.3 is 0 Å². The second kappa shape index (κ2) is 5.01. The van der Waals surface area contributed by atoms with Crippen LogP contribution in [0.4, 0.5) is 0 Å². The Hall–Kier alpha value is -1.12. The highest BCUT2D eigenvalue weighted by molar-refractivity contribution is 5.86. The minimum atomic E-state index is 0.383. The molecule has 3 aliphatic rings. The van der Waals surface area contributed by atoms with Gasteiger partial charge in [0.15, 0.2) is 0 Å². The van der Waals surface area contributed by atoms with Gasteiger partial charge in [0.25, 0.3) is 0 Å². The molecule has 0 bridgehead atoms. The third-order valence-corrected chi connectivity index (χ3v) is 5.75. The van der Waals surface area contributed by atoms with Crippen LogP contribution in [0.25, 0.3) is 0 Å². The second-order valence-electron chi connectivity index (χ2n) is 7.01. The maximum atomic E-state index is 12.4. The number of aromatic nitrogens is 2. The molecule has 0 radical (unpaired) electrons. The van der Waals surface area contributed by atoms with Crippen molar-refractivity contribution in [3.05, 3.63) is 18.0 Å². The standard InChI is InChI=1S/C17H24N2O/c20-16(17-14-7-3-4-8-15(14)17)11-12-9-10-19(18-12)13-5-1-2-6-13/h9-10,13-15,17H,1-8,11H2. The molecule has 3 nitrogen and oxygen atoms in total. The summed E-state index contributed by atoms with van der Waals surface area (Å²) in [5, 5.41) is 4.66. The van der Waals surface area contributed by atoms with Gasteiger partial charge in [-0.2, -0.15) is 5.10 Å². The Morgan fingerprint density at radius 1 is 1.10 bits per heavy atom. The molecule has 3 fully saturated rings. The van der Waals surface area contributed by atoms with Crippen LogP contribution in [0, 0.1) is 17.8 Å². The van der Waals surface area contributed by atoms with E-state index in [4.69, 9.17) is 0 Å². The van der Waals surface area contributed by atoms with Crippen molar-refractivity contribution in [1.29, 1.82) is 0 Å². The summed E-state index contributed by atoms with van der Waals surface area (Å²) in [6, 6.07) is 2.64. The predicted octanol–water partition coefficient (Wildman–Crippen LogP) is 3.55. The lowest BCUT2D eigenvalue weighted by Crippen LogP contribution is -2.10. The molecular formula is C17H24N2O. The third-order valence-electron chi connectivity index (χ3n) is 5.75. The van der Waals surface area contributed by atoms with E-state index in [2.05, 4.69) is 22.0 Å². The average Bonchev–Trinajstić information content (AvgIpc) is 2.83. The fourth-order valence-electron chi connectivity index (χ4n) is 4.61. The van der Waals surface area contributed by atoms with Crippen molar-refractivity contribution in [3.63, 3.8) is 0 Å². The molecule has 108 valence electrons. The van der Waals surface area contributed by atoms with E-state index in [0.717, 1.165) is 17.5 Å². The number of fused-ring (bicyclic) bond motifs is 1. The first-order valence-electron chi connectivity index (χ1n) is 8.39. The molecule has 0 aliphatic heterocycles. The lowest BCUT2D eigenvalue weighted by Gasteiger charge is -2.08. The Bertz CT molecular complexity index is 489. The predicted molar refractivity (Wildman–Crippen MR) is 77.4 cm³/mol. The number of rotatable bonds is 4. The largest absolute Gasteiger partial charge is 0.299 e. The lowest BCUT2D eigenvalue weighted by molar-refractivity contribution is -0.120. The fourth-order valence-corrected chi connectivity index (χ4v) is 4.61. The molecule has 0 saturated heterocycles. The highest BCUT2D eigenvalue weighted by Gasteiger charge is 2.54. The van der Waals surface area contributed by atoms with Crippen LogP contribution in [0.5, 0.6) is 0 Å². The maximum absolute atomic E-state index is 12.4. The quantitative estimate of drug-likeness (QED) is 0.840. The minimum absolute atomic E-state index is 0.383. The molecule has 1 aromatic rings. The van der Waals surface area contributed by atoms with E-state index >= 15 is 0 Å². The minimum Gasteiger partial charge on any atom is -0.299 e. The first-order valence-corrected chi connectivity index (χ1v) is 8.39. The number of ketones is 1. The normalized spacial score (nSPS) is 33.1. The Balaban J connectivity index is 1.38. The van der Waals surface area contributed by atoms with Crippen molar-refractivity contribution >= 4 is 5.78 Å². The molecule has 0 aromatic carbocycles. The summed E-state index contributed by atoms with van der Waals surface area (Å²) in [4.78, 5) is 12.4. The van der Waals surface area contributed by atoms with Crippen LogP contribution in [0.1, 0.15) is 63.1 Å². The Morgan fingerprint density at radius 2 is 1.75 bits per heavy atom. The number of carbonyl (C=O) groups is 1. The van der Waals surface area contributed by atoms with Gasteiger partial charge in [0.05, 0.1) is 18.2 Å². The molecule has 1 heterocycles. The van der Waals surface area contributed by atoms with E-state index in [9.17, 15) is 4.79 Å². The monoisotopic (exact) mass is 272 g/mol. The Labute approximate surface area is 120 Å². The highest BCUT2D eigenvalue weighted by atomic mass is 16.1. The summed E-state index contributed by atoms with van der Waals surface area (Å²) in [5.41, 5.74) is 0.991. The molecule has 0 amide bonds. The van der Waals surface area contributed by atoms with Gasteiger partial charge in [0, 0.05) is 12.1 Å². The van der Waals surface area contributed by atoms with Crippen molar-refractivity contribution in [2.45, 2.75) is 63.8 Å². The summed E-state index contributed by atoms with van der Waals surface area (Å²) in [5.74, 6) is 2.30. The van der Waals surface area contributed by atoms with Gasteiger partial charge in [-0.3, -0.25) is 9.48 Å². The Kier molecular flexibility index (Phi) is 3.16. The van der Waals surface area contributed by atoms with E-state index in [1.807, 2.05) is 0 Å². The van der Waals surface area contributed by atoms with Gasteiger partial charge in [0.1, 0.15) is 5.78 Å². The molecule has 3 saturated carbocycles.